The second kappa shape index (κ2) is 16.9. The molecule has 0 amide bonds. The third-order valence-corrected chi connectivity index (χ3v) is 12.8. The molecule has 4 heteroatoms. The molecule has 0 saturated carbocycles. The maximum Gasteiger partial charge on any atom is 0.149 e. The molecule has 2 aromatic heterocycles. The molecule has 0 saturated heterocycles. The lowest BCUT2D eigenvalue weighted by Gasteiger charge is -2.27. The number of nitrogens with zero attached hydrogens (tertiary/aromatic N) is 3. The summed E-state index contributed by atoms with van der Waals surface area (Å²) in [6.07, 6.45) is 1.86. The average Bonchev–Trinajstić information content (AvgIpc) is 3.66. The van der Waals surface area contributed by atoms with E-state index in [1.807, 2.05) is 85.3 Å². The van der Waals surface area contributed by atoms with E-state index >= 15 is 0 Å². The highest BCUT2D eigenvalue weighted by Crippen LogP contribution is 2.45. The molecule has 0 radical (unpaired) electrons. The highest BCUT2D eigenvalue weighted by Gasteiger charge is 2.29. The van der Waals surface area contributed by atoms with Gasteiger partial charge >= 0.3 is 0 Å². The van der Waals surface area contributed by atoms with Crippen LogP contribution in [0, 0.1) is 6.85 Å². The summed E-state index contributed by atoms with van der Waals surface area (Å²) in [5.41, 5.74) is 13.8. The van der Waals surface area contributed by atoms with E-state index in [4.69, 9.17) is 15.5 Å². The molecule has 0 spiro atoms. The molecule has 2 heterocycles. The molecule has 65 heavy (non-hydrogen) atoms. The van der Waals surface area contributed by atoms with Crippen LogP contribution in [0.3, 0.4) is 0 Å². The second-order valence-electron chi connectivity index (χ2n) is 21.4. The van der Waals surface area contributed by atoms with Crippen molar-refractivity contribution in [1.82, 2.24) is 14.5 Å². The van der Waals surface area contributed by atoms with Crippen molar-refractivity contribution >= 4 is 11.0 Å². The number of rotatable bonds is 8. The monoisotopic (exact) mass is 862 g/mol. The fourth-order valence-corrected chi connectivity index (χ4v) is 8.68. The standard InChI is InChI=1S/C61H67N3O/c1-37(2)43-28-44(38(3)4)30-45(29-43)41-23-24-54(39(5)27-41)64-55-22-18-21-50(56(55)63-58(64)51-35-49(60(9,10)11)36-52(57(51)65)61(12,13)14)46-31-47(33-48(32-46)59(6,7)8)53-34-42(25-26-62-53)40-19-16-15-17-20-40/h15-38,65H,1-14H3/i5D3,37D. The summed E-state index contributed by atoms with van der Waals surface area (Å²) in [7, 11) is 0. The maximum absolute atomic E-state index is 12.5. The lowest BCUT2D eigenvalue weighted by Crippen LogP contribution is -2.17. The van der Waals surface area contributed by atoms with Crippen molar-refractivity contribution in [2.45, 2.75) is 125 Å². The summed E-state index contributed by atoms with van der Waals surface area (Å²) in [6.45, 7) is 24.9. The van der Waals surface area contributed by atoms with E-state index < -0.39 is 18.2 Å². The van der Waals surface area contributed by atoms with Gasteiger partial charge in [-0.2, -0.15) is 0 Å². The summed E-state index contributed by atoms with van der Waals surface area (Å²) < 4.78 is 38.3. The van der Waals surface area contributed by atoms with E-state index in [2.05, 4.69) is 137 Å². The van der Waals surface area contributed by atoms with Crippen LogP contribution < -0.4 is 0 Å². The molecular weight excluding hydrogens is 791 g/mol. The van der Waals surface area contributed by atoms with Gasteiger partial charge in [-0.05, 0) is 139 Å². The Labute approximate surface area is 394 Å². The number of aromatic hydroxyl groups is 1. The van der Waals surface area contributed by atoms with Crippen LogP contribution in [-0.2, 0) is 16.2 Å². The van der Waals surface area contributed by atoms with Crippen molar-refractivity contribution in [3.8, 4) is 67.5 Å². The molecule has 0 atom stereocenters. The third-order valence-electron chi connectivity index (χ3n) is 12.8. The molecule has 8 aromatic rings. The molecule has 0 aliphatic heterocycles. The van der Waals surface area contributed by atoms with Gasteiger partial charge in [-0.3, -0.25) is 9.55 Å². The topological polar surface area (TPSA) is 50.9 Å². The van der Waals surface area contributed by atoms with E-state index in [1.165, 1.54) is 0 Å². The van der Waals surface area contributed by atoms with Crippen LogP contribution in [0.4, 0.5) is 0 Å². The lowest BCUT2D eigenvalue weighted by atomic mass is 9.79. The average molecular weight is 862 g/mol. The van der Waals surface area contributed by atoms with Crippen LogP contribution >= 0.6 is 0 Å². The normalized spacial score (nSPS) is 13.8. The number of phenolic OH excluding ortho intramolecular Hbond substituents is 1. The van der Waals surface area contributed by atoms with E-state index in [9.17, 15) is 5.11 Å². The molecule has 4 nitrogen and oxygen atoms in total. The van der Waals surface area contributed by atoms with Crippen molar-refractivity contribution in [2.24, 2.45) is 0 Å². The third kappa shape index (κ3) is 9.06. The zero-order valence-electron chi connectivity index (χ0n) is 44.6. The van der Waals surface area contributed by atoms with Gasteiger partial charge in [0.1, 0.15) is 11.6 Å². The van der Waals surface area contributed by atoms with Gasteiger partial charge in [0.15, 0.2) is 0 Å². The Hall–Kier alpha value is -6.26. The number of hydrogen-bond acceptors (Lipinski definition) is 3. The number of pyridine rings is 1. The number of para-hydroxylation sites is 1. The van der Waals surface area contributed by atoms with Crippen LogP contribution in [0.5, 0.6) is 5.75 Å². The molecule has 0 bridgehead atoms. The van der Waals surface area contributed by atoms with E-state index in [1.54, 1.807) is 6.07 Å². The summed E-state index contributed by atoms with van der Waals surface area (Å²) in [4.78, 5) is 10.4. The number of aromatic nitrogens is 3. The van der Waals surface area contributed by atoms with Gasteiger partial charge < -0.3 is 5.11 Å². The number of phenols is 1. The first-order valence-electron chi connectivity index (χ1n) is 25.0. The summed E-state index contributed by atoms with van der Waals surface area (Å²) in [6, 6.07) is 43.2. The largest absolute Gasteiger partial charge is 0.507 e. The number of fused-ring (bicyclic) bond motifs is 1. The molecular formula is C61H67N3O. The quantitative estimate of drug-likeness (QED) is 0.166. The Morgan fingerprint density at radius 3 is 1.91 bits per heavy atom. The maximum atomic E-state index is 12.5. The van der Waals surface area contributed by atoms with Gasteiger partial charge in [0.25, 0.3) is 0 Å². The number of benzene rings is 6. The predicted molar refractivity (Wildman–Crippen MR) is 277 cm³/mol. The van der Waals surface area contributed by atoms with Gasteiger partial charge in [0.2, 0.25) is 0 Å². The lowest BCUT2D eigenvalue weighted by molar-refractivity contribution is 0.446. The van der Waals surface area contributed by atoms with Crippen molar-refractivity contribution in [3.05, 3.63) is 167 Å². The van der Waals surface area contributed by atoms with Gasteiger partial charge in [0.05, 0.1) is 28.0 Å². The number of imidazole rings is 1. The summed E-state index contributed by atoms with van der Waals surface area (Å²) in [5, 5.41) is 12.5. The molecule has 0 aliphatic rings. The van der Waals surface area contributed by atoms with Gasteiger partial charge in [-0.15, -0.1) is 0 Å². The first-order chi connectivity index (χ1) is 32.1. The molecule has 0 unspecified atom stereocenters. The molecule has 332 valence electrons. The van der Waals surface area contributed by atoms with Gasteiger partial charge in [-0.25, -0.2) is 4.98 Å². The fraction of sp³-hybridized carbons (Fsp3) is 0.311. The minimum atomic E-state index is -2.55. The molecule has 6 aromatic carbocycles. The van der Waals surface area contributed by atoms with Crippen LogP contribution in [0.1, 0.15) is 141 Å². The van der Waals surface area contributed by atoms with Crippen LogP contribution in [0.15, 0.2) is 134 Å². The zero-order valence-corrected chi connectivity index (χ0v) is 40.6. The van der Waals surface area contributed by atoms with E-state index in [0.717, 1.165) is 72.5 Å². The second-order valence-corrected chi connectivity index (χ2v) is 21.4. The van der Waals surface area contributed by atoms with Crippen LogP contribution in [-0.4, -0.2) is 19.6 Å². The van der Waals surface area contributed by atoms with Crippen LogP contribution in [0.25, 0.3) is 72.7 Å². The molecule has 8 rings (SSSR count). The van der Waals surface area contributed by atoms with Gasteiger partial charge in [-0.1, -0.05) is 169 Å². The number of hydrogen-bond donors (Lipinski definition) is 1. The summed E-state index contributed by atoms with van der Waals surface area (Å²) >= 11 is 0. The van der Waals surface area contributed by atoms with Crippen molar-refractivity contribution in [2.75, 3.05) is 0 Å². The minimum absolute atomic E-state index is 0.109. The minimum Gasteiger partial charge on any atom is -0.507 e. The Balaban J connectivity index is 1.45. The highest BCUT2D eigenvalue weighted by atomic mass is 16.3. The Morgan fingerprint density at radius 1 is 0.569 bits per heavy atom. The van der Waals surface area contributed by atoms with Crippen molar-refractivity contribution in [3.63, 3.8) is 0 Å². The van der Waals surface area contributed by atoms with Gasteiger partial charge in [0, 0.05) is 28.4 Å². The van der Waals surface area contributed by atoms with E-state index in [-0.39, 0.29) is 28.1 Å². The van der Waals surface area contributed by atoms with E-state index in [0.29, 0.717) is 28.1 Å². The fourth-order valence-electron chi connectivity index (χ4n) is 8.68. The Morgan fingerprint density at radius 2 is 1.25 bits per heavy atom. The molecule has 0 aliphatic carbocycles. The van der Waals surface area contributed by atoms with Crippen LogP contribution in [0.2, 0.25) is 0 Å². The predicted octanol–water partition coefficient (Wildman–Crippen LogP) is 16.9. The highest BCUT2D eigenvalue weighted by molar-refractivity contribution is 5.97. The number of aryl methyl sites for hydroxylation is 1. The smallest absolute Gasteiger partial charge is 0.149 e. The summed E-state index contributed by atoms with van der Waals surface area (Å²) in [5.74, 6) is -0.112. The van der Waals surface area contributed by atoms with Crippen molar-refractivity contribution < 1.29 is 10.6 Å². The van der Waals surface area contributed by atoms with Crippen molar-refractivity contribution in [1.29, 1.82) is 0 Å². The Bertz CT molecular complexity index is 3220. The zero-order chi connectivity index (χ0) is 50.2. The molecule has 0 fully saturated rings. The first-order valence-corrected chi connectivity index (χ1v) is 23.0. The molecule has 1 N–H and O–H groups in total. The first kappa shape index (κ1) is 40.3. The Kier molecular flexibility index (Phi) is 10.5. The SMILES string of the molecule is [2H]C([2H])([2H])c1cc(-c2cc(C(C)C)cc(C([2H])(C)C)c2)ccc1-n1c(-c2cc(C(C)(C)C)cc(C(C)(C)C)c2O)nc2c(-c3cc(-c4cc(-c5ccccc5)ccn4)cc(C(C)(C)C)c3)cccc21.